The molecule has 2 aliphatic rings. The number of hydrogen-bond donors (Lipinski definition) is 3. The summed E-state index contributed by atoms with van der Waals surface area (Å²) in [7, 11) is 0. The van der Waals surface area contributed by atoms with Crippen molar-refractivity contribution < 1.29 is 5.11 Å². The predicted molar refractivity (Wildman–Crippen MR) is 71.1 cm³/mol. The molecule has 0 radical (unpaired) electrons. The second-order valence-corrected chi connectivity index (χ2v) is 6.10. The lowest BCUT2D eigenvalue weighted by Gasteiger charge is -2.29. The van der Waals surface area contributed by atoms with Crippen molar-refractivity contribution in [3.63, 3.8) is 0 Å². The largest absolute Gasteiger partial charge is 0.389 e. The van der Waals surface area contributed by atoms with Crippen LogP contribution in [0, 0.1) is 0 Å². The van der Waals surface area contributed by atoms with Crippen molar-refractivity contribution in [1.29, 1.82) is 0 Å². The van der Waals surface area contributed by atoms with Gasteiger partial charge in [0.1, 0.15) is 0 Å². The third-order valence-corrected chi connectivity index (χ3v) is 4.36. The Bertz CT molecular complexity index is 220. The highest BCUT2D eigenvalue weighted by Crippen LogP contribution is 2.28. The summed E-state index contributed by atoms with van der Waals surface area (Å²) in [5, 5.41) is 17.4. The summed E-state index contributed by atoms with van der Waals surface area (Å²) in [6.45, 7) is 4.21. The summed E-state index contributed by atoms with van der Waals surface area (Å²) in [5.41, 5.74) is -0.408. The van der Waals surface area contributed by atoms with Gasteiger partial charge in [0.25, 0.3) is 0 Å². The van der Waals surface area contributed by atoms with E-state index in [0.717, 1.165) is 19.4 Å². The summed E-state index contributed by atoms with van der Waals surface area (Å²) in [6, 6.07) is 1.19. The summed E-state index contributed by atoms with van der Waals surface area (Å²) in [5.74, 6) is 0. The van der Waals surface area contributed by atoms with E-state index in [9.17, 15) is 5.11 Å². The maximum Gasteiger partial charge on any atom is 0.0771 e. The van der Waals surface area contributed by atoms with Crippen LogP contribution in [0.15, 0.2) is 0 Å². The van der Waals surface area contributed by atoms with Gasteiger partial charge in [0.05, 0.1) is 5.60 Å². The molecule has 3 nitrogen and oxygen atoms in total. The van der Waals surface area contributed by atoms with Gasteiger partial charge in [-0.1, -0.05) is 19.3 Å². The minimum absolute atomic E-state index is 0.408. The first-order chi connectivity index (χ1) is 8.18. The van der Waals surface area contributed by atoms with Crippen LogP contribution in [0.4, 0.5) is 0 Å². The Balaban J connectivity index is 1.64. The Morgan fingerprint density at radius 2 is 2.06 bits per heavy atom. The zero-order valence-electron chi connectivity index (χ0n) is 11.2. The average Bonchev–Trinajstić information content (AvgIpc) is 2.76. The summed E-state index contributed by atoms with van der Waals surface area (Å²) < 4.78 is 0. The van der Waals surface area contributed by atoms with Crippen molar-refractivity contribution in [1.82, 2.24) is 10.6 Å². The molecule has 1 aliphatic heterocycles. The van der Waals surface area contributed by atoms with E-state index in [0.29, 0.717) is 12.1 Å². The van der Waals surface area contributed by atoms with Crippen LogP contribution in [-0.4, -0.2) is 35.9 Å². The van der Waals surface area contributed by atoms with E-state index in [1.54, 1.807) is 0 Å². The third kappa shape index (κ3) is 4.23. The first-order valence-electron chi connectivity index (χ1n) is 7.37. The lowest BCUT2D eigenvalue weighted by atomic mass is 9.97. The van der Waals surface area contributed by atoms with Crippen molar-refractivity contribution in [2.75, 3.05) is 13.1 Å². The van der Waals surface area contributed by atoms with E-state index in [4.69, 9.17) is 0 Å². The number of nitrogens with one attached hydrogen (secondary N) is 2. The molecular formula is C14H28N2O. The lowest BCUT2D eigenvalue weighted by molar-refractivity contribution is 0.0446. The van der Waals surface area contributed by atoms with E-state index in [1.807, 2.05) is 0 Å². The van der Waals surface area contributed by atoms with Gasteiger partial charge in [0, 0.05) is 18.6 Å². The average molecular weight is 240 g/mol. The highest BCUT2D eigenvalue weighted by molar-refractivity contribution is 4.87. The van der Waals surface area contributed by atoms with Crippen LogP contribution in [0.25, 0.3) is 0 Å². The Morgan fingerprint density at radius 3 is 2.71 bits per heavy atom. The van der Waals surface area contributed by atoms with Crippen molar-refractivity contribution in [2.45, 2.75) is 76.0 Å². The van der Waals surface area contributed by atoms with Gasteiger partial charge < -0.3 is 15.7 Å². The smallest absolute Gasteiger partial charge is 0.0771 e. The third-order valence-electron chi connectivity index (χ3n) is 4.36. The van der Waals surface area contributed by atoms with E-state index < -0.39 is 5.60 Å². The molecule has 3 heteroatoms. The molecule has 0 bridgehead atoms. The van der Waals surface area contributed by atoms with Crippen molar-refractivity contribution >= 4 is 0 Å². The Kier molecular flexibility index (Phi) is 4.83. The van der Waals surface area contributed by atoms with Gasteiger partial charge >= 0.3 is 0 Å². The zero-order chi connectivity index (χ0) is 12.1. The Hall–Kier alpha value is -0.120. The minimum atomic E-state index is -0.408. The zero-order valence-corrected chi connectivity index (χ0v) is 11.2. The lowest BCUT2D eigenvalue weighted by Crippen LogP contribution is -2.45. The monoisotopic (exact) mass is 240 g/mol. The van der Waals surface area contributed by atoms with Crippen molar-refractivity contribution in [2.24, 2.45) is 0 Å². The Labute approximate surface area is 105 Å². The molecule has 17 heavy (non-hydrogen) atoms. The van der Waals surface area contributed by atoms with Crippen LogP contribution in [0.3, 0.4) is 0 Å². The molecule has 0 aromatic rings. The van der Waals surface area contributed by atoms with Crippen LogP contribution >= 0.6 is 0 Å². The van der Waals surface area contributed by atoms with Gasteiger partial charge in [-0.2, -0.15) is 0 Å². The molecule has 1 saturated carbocycles. The molecular weight excluding hydrogens is 212 g/mol. The normalized spacial score (nSPS) is 30.4. The van der Waals surface area contributed by atoms with Gasteiger partial charge in [0.15, 0.2) is 0 Å². The second-order valence-electron chi connectivity index (χ2n) is 6.10. The Morgan fingerprint density at radius 1 is 1.29 bits per heavy atom. The van der Waals surface area contributed by atoms with Gasteiger partial charge in [-0.05, 0) is 45.6 Å². The number of hydrogen-bond acceptors (Lipinski definition) is 3. The summed E-state index contributed by atoms with van der Waals surface area (Å²) >= 11 is 0. The van der Waals surface area contributed by atoms with Crippen LogP contribution in [0.2, 0.25) is 0 Å². The maximum absolute atomic E-state index is 10.3. The molecule has 2 rings (SSSR count). The molecule has 100 valence electrons. The summed E-state index contributed by atoms with van der Waals surface area (Å²) in [6.07, 6.45) is 9.55. The molecule has 1 heterocycles. The van der Waals surface area contributed by atoms with Crippen molar-refractivity contribution in [3.8, 4) is 0 Å². The number of rotatable bonds is 5. The molecule has 2 unspecified atom stereocenters. The molecule has 2 fully saturated rings. The van der Waals surface area contributed by atoms with Crippen LogP contribution in [0.1, 0.15) is 58.3 Å². The fourth-order valence-corrected chi connectivity index (χ4v) is 3.21. The van der Waals surface area contributed by atoms with E-state index in [-0.39, 0.29) is 0 Å². The standard InChI is InChI=1S/C14H28N2O/c1-12(10-13-6-2-5-9-15-13)16-11-14(17)7-3-4-8-14/h12-13,15-17H,2-11H2,1H3. The minimum Gasteiger partial charge on any atom is -0.389 e. The fraction of sp³-hybridized carbons (Fsp3) is 1.00. The quantitative estimate of drug-likeness (QED) is 0.686. The molecule has 2 atom stereocenters. The second kappa shape index (κ2) is 6.17. The topological polar surface area (TPSA) is 44.3 Å². The van der Waals surface area contributed by atoms with Crippen LogP contribution in [0.5, 0.6) is 0 Å². The number of piperidine rings is 1. The highest BCUT2D eigenvalue weighted by Gasteiger charge is 2.31. The van der Waals surface area contributed by atoms with Gasteiger partial charge in [-0.25, -0.2) is 0 Å². The van der Waals surface area contributed by atoms with E-state index in [2.05, 4.69) is 17.6 Å². The van der Waals surface area contributed by atoms with Gasteiger partial charge in [0.2, 0.25) is 0 Å². The SMILES string of the molecule is CC(CC1CCCCN1)NCC1(O)CCCC1. The first kappa shape index (κ1) is 13.3. The maximum atomic E-state index is 10.3. The molecule has 1 saturated heterocycles. The molecule has 3 N–H and O–H groups in total. The molecule has 1 aliphatic carbocycles. The molecule has 0 aromatic carbocycles. The predicted octanol–water partition coefficient (Wildman–Crippen LogP) is 1.80. The fourth-order valence-electron chi connectivity index (χ4n) is 3.21. The summed E-state index contributed by atoms with van der Waals surface area (Å²) in [4.78, 5) is 0. The van der Waals surface area contributed by atoms with Crippen molar-refractivity contribution in [3.05, 3.63) is 0 Å². The molecule has 0 aromatic heterocycles. The first-order valence-corrected chi connectivity index (χ1v) is 7.37. The molecule has 0 spiro atoms. The van der Waals surface area contributed by atoms with Gasteiger partial charge in [-0.3, -0.25) is 0 Å². The van der Waals surface area contributed by atoms with Crippen LogP contribution < -0.4 is 10.6 Å². The number of aliphatic hydroxyl groups is 1. The molecule has 0 amide bonds. The van der Waals surface area contributed by atoms with E-state index >= 15 is 0 Å². The van der Waals surface area contributed by atoms with E-state index in [1.165, 1.54) is 45.1 Å². The van der Waals surface area contributed by atoms with Gasteiger partial charge in [-0.15, -0.1) is 0 Å². The van der Waals surface area contributed by atoms with Crippen LogP contribution in [-0.2, 0) is 0 Å². The highest BCUT2D eigenvalue weighted by atomic mass is 16.3.